The molecule has 0 aliphatic heterocycles. The van der Waals surface area contributed by atoms with E-state index in [0.717, 1.165) is 22.8 Å². The van der Waals surface area contributed by atoms with Crippen LogP contribution in [0.4, 0.5) is 19.3 Å². The molecule has 11 nitrogen and oxygen atoms in total. The number of rotatable bonds is 8. The average molecular weight is 605 g/mol. The van der Waals surface area contributed by atoms with Gasteiger partial charge >= 0.3 is 17.3 Å². The monoisotopic (exact) mass is 604 g/mol. The average Bonchev–Trinajstić information content (AvgIpc) is 3.01. The number of carbonyl (C=O) groups excluding carboxylic acids is 1. The van der Waals surface area contributed by atoms with Gasteiger partial charge in [-0.1, -0.05) is 0 Å². The lowest BCUT2D eigenvalue weighted by Crippen LogP contribution is -2.41. The molecule has 0 bridgehead atoms. The predicted molar refractivity (Wildman–Crippen MR) is 158 cm³/mol. The summed E-state index contributed by atoms with van der Waals surface area (Å²) in [5.74, 6) is -0.720. The van der Waals surface area contributed by atoms with Crippen LogP contribution in [-0.4, -0.2) is 34.4 Å². The fraction of sp³-hybridized carbons (Fsp3) is 0.161. The molecule has 0 aliphatic rings. The Bertz CT molecular complexity index is 2010. The van der Waals surface area contributed by atoms with E-state index in [1.165, 1.54) is 56.2 Å². The number of aromatic nitrogens is 3. The van der Waals surface area contributed by atoms with Crippen molar-refractivity contribution in [2.24, 2.45) is 0 Å². The molecule has 0 fully saturated rings. The van der Waals surface area contributed by atoms with E-state index in [-0.39, 0.29) is 29.4 Å². The van der Waals surface area contributed by atoms with Crippen LogP contribution in [-0.2, 0) is 6.54 Å². The number of hydrogen-bond acceptors (Lipinski definition) is 8. The molecule has 0 aliphatic carbocycles. The topological polar surface area (TPSA) is 123 Å². The van der Waals surface area contributed by atoms with Crippen molar-refractivity contribution in [2.45, 2.75) is 20.4 Å². The molecule has 13 heteroatoms. The Labute approximate surface area is 248 Å². The van der Waals surface area contributed by atoms with Gasteiger partial charge in [0.15, 0.2) is 23.1 Å². The van der Waals surface area contributed by atoms with Gasteiger partial charge in [0.05, 0.1) is 31.1 Å². The number of benzene rings is 3. The maximum atomic E-state index is 15.1. The molecule has 0 spiro atoms. The maximum Gasteiger partial charge on any atom is 0.417 e. The molecule has 2 aromatic heterocycles. The van der Waals surface area contributed by atoms with Crippen LogP contribution in [0.1, 0.15) is 12.6 Å². The third-order valence-corrected chi connectivity index (χ3v) is 6.75. The Hall–Kier alpha value is -5.72. The van der Waals surface area contributed by atoms with E-state index in [2.05, 4.69) is 10.3 Å². The third kappa shape index (κ3) is 5.67. The standard InChI is InChI=1S/C31H26F2N4O7/c1-5-36-17(2)28(29(38)37(31(36)40)20-9-6-18(32)7-10-20)44-30(39)35-19-8-11-25(22(33)14-19)43-24-12-13-34-23-16-27(42-4)26(41-3)15-21(23)24/h6-16H,5H2,1-4H3,(H,35,39). The zero-order valence-corrected chi connectivity index (χ0v) is 24.0. The Morgan fingerprint density at radius 3 is 2.27 bits per heavy atom. The number of carbonyl (C=O) groups is 1. The Balaban J connectivity index is 1.39. The van der Waals surface area contributed by atoms with E-state index in [4.69, 9.17) is 18.9 Å². The number of fused-ring (bicyclic) bond motifs is 1. The summed E-state index contributed by atoms with van der Waals surface area (Å²) in [6.45, 7) is 3.28. The highest BCUT2D eigenvalue weighted by atomic mass is 19.1. The van der Waals surface area contributed by atoms with Gasteiger partial charge < -0.3 is 18.9 Å². The van der Waals surface area contributed by atoms with Gasteiger partial charge in [-0.2, -0.15) is 0 Å². The van der Waals surface area contributed by atoms with Crippen molar-refractivity contribution in [1.82, 2.24) is 14.1 Å². The number of methoxy groups -OCH3 is 2. The molecule has 1 N–H and O–H groups in total. The first-order valence-corrected chi connectivity index (χ1v) is 13.2. The van der Waals surface area contributed by atoms with E-state index in [0.29, 0.717) is 28.2 Å². The summed E-state index contributed by atoms with van der Waals surface area (Å²) in [6, 6.07) is 13.3. The fourth-order valence-corrected chi connectivity index (χ4v) is 4.59. The smallest absolute Gasteiger partial charge is 0.417 e. The SMILES string of the molecule is CCn1c(C)c(OC(=O)Nc2ccc(Oc3ccnc4cc(OC)c(OC)cc34)c(F)c2)c(=O)n(-c2ccc(F)cc2)c1=O. The second kappa shape index (κ2) is 12.3. The highest BCUT2D eigenvalue weighted by Crippen LogP contribution is 2.37. The molecule has 0 radical (unpaired) electrons. The van der Waals surface area contributed by atoms with Crippen LogP contribution < -0.4 is 35.5 Å². The Morgan fingerprint density at radius 2 is 1.61 bits per heavy atom. The number of hydrogen-bond donors (Lipinski definition) is 1. The predicted octanol–water partition coefficient (Wildman–Crippen LogP) is 5.57. The number of nitrogens with one attached hydrogen (secondary N) is 1. The van der Waals surface area contributed by atoms with Crippen LogP contribution in [0.2, 0.25) is 0 Å². The molecule has 44 heavy (non-hydrogen) atoms. The number of halogens is 2. The summed E-state index contributed by atoms with van der Waals surface area (Å²) in [4.78, 5) is 43.4. The second-order valence-corrected chi connectivity index (χ2v) is 9.35. The zero-order chi connectivity index (χ0) is 31.5. The molecular weight excluding hydrogens is 578 g/mol. The normalized spacial score (nSPS) is 10.9. The molecule has 0 saturated heterocycles. The van der Waals surface area contributed by atoms with E-state index >= 15 is 4.39 Å². The van der Waals surface area contributed by atoms with E-state index in [9.17, 15) is 18.8 Å². The summed E-state index contributed by atoms with van der Waals surface area (Å²) in [7, 11) is 2.99. The summed E-state index contributed by atoms with van der Waals surface area (Å²) in [5, 5.41) is 2.92. The zero-order valence-electron chi connectivity index (χ0n) is 24.0. The molecule has 5 rings (SSSR count). The molecule has 5 aromatic rings. The van der Waals surface area contributed by atoms with Crippen molar-refractivity contribution in [2.75, 3.05) is 19.5 Å². The van der Waals surface area contributed by atoms with Gasteiger partial charge in [-0.3, -0.25) is 19.7 Å². The van der Waals surface area contributed by atoms with Gasteiger partial charge in [-0.25, -0.2) is 22.9 Å². The van der Waals surface area contributed by atoms with Gasteiger partial charge in [-0.15, -0.1) is 0 Å². The first kappa shape index (κ1) is 29.8. The van der Waals surface area contributed by atoms with Crippen molar-refractivity contribution in [3.05, 3.63) is 105 Å². The maximum absolute atomic E-state index is 15.1. The quantitative estimate of drug-likeness (QED) is 0.244. The lowest BCUT2D eigenvalue weighted by molar-refractivity contribution is 0.213. The molecule has 2 heterocycles. The first-order valence-electron chi connectivity index (χ1n) is 13.2. The number of anilines is 1. The van der Waals surface area contributed by atoms with Crippen molar-refractivity contribution in [3.8, 4) is 34.4 Å². The third-order valence-electron chi connectivity index (χ3n) is 6.75. The number of amides is 1. The van der Waals surface area contributed by atoms with Crippen molar-refractivity contribution >= 4 is 22.7 Å². The largest absolute Gasteiger partial charge is 0.493 e. The summed E-state index contributed by atoms with van der Waals surface area (Å²) in [6.07, 6.45) is 0.396. The lowest BCUT2D eigenvalue weighted by atomic mass is 10.2. The van der Waals surface area contributed by atoms with Gasteiger partial charge in [-0.05, 0) is 62.4 Å². The van der Waals surface area contributed by atoms with Gasteiger partial charge in [0.1, 0.15) is 11.6 Å². The van der Waals surface area contributed by atoms with E-state index in [1.807, 2.05) is 0 Å². The lowest BCUT2D eigenvalue weighted by Gasteiger charge is -2.16. The van der Waals surface area contributed by atoms with E-state index in [1.54, 1.807) is 25.1 Å². The summed E-state index contributed by atoms with van der Waals surface area (Å²) in [5.41, 5.74) is -0.883. The van der Waals surface area contributed by atoms with Crippen LogP contribution in [0.5, 0.6) is 28.7 Å². The Morgan fingerprint density at radius 1 is 0.909 bits per heavy atom. The minimum Gasteiger partial charge on any atom is -0.493 e. The number of pyridine rings is 1. The van der Waals surface area contributed by atoms with Crippen molar-refractivity contribution < 1.29 is 32.5 Å². The van der Waals surface area contributed by atoms with Gasteiger partial charge in [0.2, 0.25) is 5.75 Å². The van der Waals surface area contributed by atoms with Crippen LogP contribution in [0.3, 0.4) is 0 Å². The van der Waals surface area contributed by atoms with Gasteiger partial charge in [0, 0.05) is 35.9 Å². The second-order valence-electron chi connectivity index (χ2n) is 9.35. The highest BCUT2D eigenvalue weighted by Gasteiger charge is 2.21. The molecule has 0 saturated carbocycles. The molecule has 226 valence electrons. The Kier molecular flexibility index (Phi) is 8.29. The fourth-order valence-electron chi connectivity index (χ4n) is 4.59. The molecule has 0 atom stereocenters. The van der Waals surface area contributed by atoms with Crippen LogP contribution in [0.15, 0.2) is 76.4 Å². The highest BCUT2D eigenvalue weighted by molar-refractivity contribution is 5.89. The molecule has 0 unspecified atom stereocenters. The summed E-state index contributed by atoms with van der Waals surface area (Å²) < 4.78 is 52.4. The van der Waals surface area contributed by atoms with Crippen molar-refractivity contribution in [1.29, 1.82) is 0 Å². The number of ether oxygens (including phenoxy) is 4. The van der Waals surface area contributed by atoms with Crippen LogP contribution >= 0.6 is 0 Å². The van der Waals surface area contributed by atoms with Gasteiger partial charge in [0.25, 0.3) is 0 Å². The van der Waals surface area contributed by atoms with Crippen LogP contribution in [0, 0.1) is 18.6 Å². The first-order chi connectivity index (χ1) is 21.1. The van der Waals surface area contributed by atoms with Crippen LogP contribution in [0.25, 0.3) is 16.6 Å². The molecular formula is C31H26F2N4O7. The molecule has 3 aromatic carbocycles. The summed E-state index contributed by atoms with van der Waals surface area (Å²) >= 11 is 0. The molecule has 1 amide bonds. The van der Waals surface area contributed by atoms with Crippen molar-refractivity contribution in [3.63, 3.8) is 0 Å². The minimum atomic E-state index is -1.11. The number of nitrogens with zero attached hydrogens (tertiary/aromatic N) is 3. The van der Waals surface area contributed by atoms with E-state index < -0.39 is 34.7 Å². The minimum absolute atomic E-state index is 0.00571.